The van der Waals surface area contributed by atoms with Gasteiger partial charge in [0, 0.05) is 35.7 Å². The van der Waals surface area contributed by atoms with E-state index in [0.717, 1.165) is 10.9 Å². The number of aromatic amines is 1. The molecule has 2 rings (SSSR count). The number of aromatic nitrogens is 1. The molecule has 1 heterocycles. The molecule has 12 nitrogen and oxygen atoms in total. The number of hydrogen-bond acceptors (Lipinski definition) is 7. The van der Waals surface area contributed by atoms with Crippen LogP contribution in [-0.2, 0) is 30.4 Å². The zero-order valence-corrected chi connectivity index (χ0v) is 19.0. The summed E-state index contributed by atoms with van der Waals surface area (Å²) >= 11 is 3.93. The van der Waals surface area contributed by atoms with Crippen LogP contribution < -0.4 is 21.7 Å². The van der Waals surface area contributed by atoms with Gasteiger partial charge in [-0.05, 0) is 18.1 Å². The second kappa shape index (κ2) is 12.6. The van der Waals surface area contributed by atoms with Crippen molar-refractivity contribution < 1.29 is 34.2 Å². The molecule has 3 amide bonds. The molecule has 0 aliphatic heterocycles. The SMILES string of the molecule is NC(CS)C(=O)NC(CCC(=O)O)C(=O)NC(Cc1c[nH]c2ccccc12)C(=O)NCC(=O)O. The Morgan fingerprint density at radius 1 is 0.971 bits per heavy atom. The van der Waals surface area contributed by atoms with Crippen LogP contribution in [0.2, 0.25) is 0 Å². The number of amides is 3. The van der Waals surface area contributed by atoms with E-state index in [1.165, 1.54) is 0 Å². The number of nitrogens with one attached hydrogen (secondary N) is 4. The Morgan fingerprint density at radius 3 is 2.29 bits per heavy atom. The number of benzene rings is 1. The van der Waals surface area contributed by atoms with Crippen molar-refractivity contribution >= 4 is 53.2 Å². The number of para-hydroxylation sites is 1. The first-order chi connectivity index (χ1) is 16.1. The van der Waals surface area contributed by atoms with E-state index in [0.29, 0.717) is 5.56 Å². The van der Waals surface area contributed by atoms with E-state index >= 15 is 0 Å². The van der Waals surface area contributed by atoms with Gasteiger partial charge in [-0.15, -0.1) is 0 Å². The van der Waals surface area contributed by atoms with Gasteiger partial charge >= 0.3 is 11.9 Å². The molecule has 0 radical (unpaired) electrons. The molecule has 184 valence electrons. The molecule has 0 aliphatic carbocycles. The summed E-state index contributed by atoms with van der Waals surface area (Å²) in [7, 11) is 0. The molecule has 0 bridgehead atoms. The van der Waals surface area contributed by atoms with E-state index in [1.54, 1.807) is 12.3 Å². The van der Waals surface area contributed by atoms with Gasteiger partial charge in [-0.2, -0.15) is 12.6 Å². The van der Waals surface area contributed by atoms with Crippen molar-refractivity contribution in [2.45, 2.75) is 37.4 Å². The van der Waals surface area contributed by atoms with Crippen LogP contribution in [0, 0.1) is 0 Å². The molecule has 1 aromatic heterocycles. The summed E-state index contributed by atoms with van der Waals surface area (Å²) in [5.41, 5.74) is 7.12. The highest BCUT2D eigenvalue weighted by Crippen LogP contribution is 2.19. The number of carbonyl (C=O) groups excluding carboxylic acids is 3. The fourth-order valence-electron chi connectivity index (χ4n) is 3.19. The molecule has 8 N–H and O–H groups in total. The Kier molecular flexibility index (Phi) is 9.89. The molecular weight excluding hydrogens is 466 g/mol. The largest absolute Gasteiger partial charge is 0.481 e. The van der Waals surface area contributed by atoms with Crippen LogP contribution in [0.4, 0.5) is 0 Å². The van der Waals surface area contributed by atoms with Gasteiger partial charge in [0.15, 0.2) is 0 Å². The Morgan fingerprint density at radius 2 is 1.65 bits per heavy atom. The molecule has 34 heavy (non-hydrogen) atoms. The molecular formula is C21H27N5O7S. The summed E-state index contributed by atoms with van der Waals surface area (Å²) < 4.78 is 0. The molecule has 0 saturated heterocycles. The molecule has 1 aromatic carbocycles. The van der Waals surface area contributed by atoms with Gasteiger partial charge in [0.1, 0.15) is 18.6 Å². The summed E-state index contributed by atoms with van der Waals surface area (Å²) in [6.45, 7) is -0.658. The maximum atomic E-state index is 13.0. The lowest BCUT2D eigenvalue weighted by Gasteiger charge is -2.23. The summed E-state index contributed by atoms with van der Waals surface area (Å²) in [6.07, 6.45) is 1.01. The predicted molar refractivity (Wildman–Crippen MR) is 125 cm³/mol. The molecule has 2 aromatic rings. The van der Waals surface area contributed by atoms with Crippen LogP contribution in [0.5, 0.6) is 0 Å². The van der Waals surface area contributed by atoms with Crippen LogP contribution in [0.3, 0.4) is 0 Å². The minimum absolute atomic E-state index is 0.000113. The van der Waals surface area contributed by atoms with Gasteiger partial charge in [-0.3, -0.25) is 24.0 Å². The summed E-state index contributed by atoms with van der Waals surface area (Å²) in [4.78, 5) is 62.8. The zero-order chi connectivity index (χ0) is 25.3. The number of nitrogens with two attached hydrogens (primary N) is 1. The van der Waals surface area contributed by atoms with Crippen molar-refractivity contribution in [3.05, 3.63) is 36.0 Å². The summed E-state index contributed by atoms with van der Waals surface area (Å²) in [5.74, 6) is -4.71. The Bertz CT molecular complexity index is 1060. The van der Waals surface area contributed by atoms with Gasteiger partial charge in [0.2, 0.25) is 17.7 Å². The number of carboxylic acid groups (broad SMARTS) is 2. The third-order valence-corrected chi connectivity index (χ3v) is 5.35. The first-order valence-corrected chi connectivity index (χ1v) is 11.0. The lowest BCUT2D eigenvalue weighted by Crippen LogP contribution is -2.56. The zero-order valence-electron chi connectivity index (χ0n) is 18.1. The van der Waals surface area contributed by atoms with E-state index in [2.05, 4.69) is 33.6 Å². The van der Waals surface area contributed by atoms with Crippen LogP contribution >= 0.6 is 12.6 Å². The maximum Gasteiger partial charge on any atom is 0.322 e. The minimum Gasteiger partial charge on any atom is -0.481 e. The second-order valence-corrected chi connectivity index (χ2v) is 7.88. The number of aliphatic carboxylic acids is 2. The maximum absolute atomic E-state index is 13.0. The first-order valence-electron chi connectivity index (χ1n) is 10.4. The Labute approximate surface area is 200 Å². The fraction of sp³-hybridized carbons (Fsp3) is 0.381. The highest BCUT2D eigenvalue weighted by molar-refractivity contribution is 7.80. The summed E-state index contributed by atoms with van der Waals surface area (Å²) in [5, 5.41) is 25.8. The van der Waals surface area contributed by atoms with Crippen molar-refractivity contribution in [1.82, 2.24) is 20.9 Å². The lowest BCUT2D eigenvalue weighted by atomic mass is 10.0. The molecule has 0 saturated carbocycles. The van der Waals surface area contributed by atoms with Gasteiger partial charge in [-0.25, -0.2) is 0 Å². The molecule has 0 fully saturated rings. The van der Waals surface area contributed by atoms with Crippen molar-refractivity contribution in [1.29, 1.82) is 0 Å². The third kappa shape index (κ3) is 7.78. The number of thiol groups is 1. The quantitative estimate of drug-likeness (QED) is 0.162. The minimum atomic E-state index is -1.28. The monoisotopic (exact) mass is 493 g/mol. The number of hydrogen-bond donors (Lipinski definition) is 8. The number of carbonyl (C=O) groups is 5. The van der Waals surface area contributed by atoms with E-state index < -0.39 is 60.8 Å². The van der Waals surface area contributed by atoms with Gasteiger partial charge in [-0.1, -0.05) is 18.2 Å². The number of fused-ring (bicyclic) bond motifs is 1. The normalized spacial score (nSPS) is 13.5. The average molecular weight is 494 g/mol. The predicted octanol–water partition coefficient (Wildman–Crippen LogP) is -0.997. The standard InChI is InChI=1S/C21H27N5O7S/c22-13(10-34)19(31)25-15(5-6-17(27)28)21(33)26-16(20(32)24-9-18(29)30)7-11-8-23-14-4-2-1-3-12(11)14/h1-4,8,13,15-16,23,34H,5-7,9-10,22H2,(H,24,32)(H,25,31)(H,26,33)(H,27,28)(H,29,30). The molecule has 0 aliphatic rings. The van der Waals surface area contributed by atoms with E-state index in [-0.39, 0.29) is 18.6 Å². The fourth-order valence-corrected chi connectivity index (χ4v) is 3.35. The van der Waals surface area contributed by atoms with Crippen LogP contribution in [0.25, 0.3) is 10.9 Å². The molecule has 3 atom stereocenters. The van der Waals surface area contributed by atoms with Gasteiger partial charge < -0.3 is 36.9 Å². The van der Waals surface area contributed by atoms with Crippen molar-refractivity contribution in [2.75, 3.05) is 12.3 Å². The van der Waals surface area contributed by atoms with Crippen LogP contribution in [0.15, 0.2) is 30.5 Å². The summed E-state index contributed by atoms with van der Waals surface area (Å²) in [6, 6.07) is 3.78. The van der Waals surface area contributed by atoms with Gasteiger partial charge in [0.05, 0.1) is 6.04 Å². The second-order valence-electron chi connectivity index (χ2n) is 7.52. The number of rotatable bonds is 13. The van der Waals surface area contributed by atoms with Gasteiger partial charge in [0.25, 0.3) is 0 Å². The van der Waals surface area contributed by atoms with Crippen molar-refractivity contribution in [3.63, 3.8) is 0 Å². The van der Waals surface area contributed by atoms with Crippen molar-refractivity contribution in [2.24, 2.45) is 5.73 Å². The van der Waals surface area contributed by atoms with E-state index in [1.807, 2.05) is 18.2 Å². The topological polar surface area (TPSA) is 204 Å². The number of carboxylic acids is 2. The average Bonchev–Trinajstić information content (AvgIpc) is 3.21. The van der Waals surface area contributed by atoms with Crippen molar-refractivity contribution in [3.8, 4) is 0 Å². The Balaban J connectivity index is 2.25. The smallest absolute Gasteiger partial charge is 0.322 e. The molecule has 13 heteroatoms. The molecule has 3 unspecified atom stereocenters. The van der Waals surface area contributed by atoms with E-state index in [4.69, 9.17) is 15.9 Å². The highest BCUT2D eigenvalue weighted by atomic mass is 32.1. The first kappa shape index (κ1) is 26.7. The highest BCUT2D eigenvalue weighted by Gasteiger charge is 2.29. The number of H-pyrrole nitrogens is 1. The lowest BCUT2D eigenvalue weighted by molar-refractivity contribution is -0.138. The van der Waals surface area contributed by atoms with E-state index in [9.17, 15) is 24.0 Å². The van der Waals surface area contributed by atoms with Crippen LogP contribution in [0.1, 0.15) is 18.4 Å². The van der Waals surface area contributed by atoms with Crippen LogP contribution in [-0.4, -0.2) is 75.3 Å². The molecule has 0 spiro atoms. The third-order valence-electron chi connectivity index (χ3n) is 4.96. The Hall–Kier alpha value is -3.58.